The Morgan fingerprint density at radius 1 is 1.60 bits per heavy atom. The summed E-state index contributed by atoms with van der Waals surface area (Å²) >= 11 is 0. The fraction of sp³-hybridized carbons (Fsp3) is 0.800. The predicted octanol–water partition coefficient (Wildman–Crippen LogP) is 0.598. The molecule has 0 aromatic carbocycles. The summed E-state index contributed by atoms with van der Waals surface area (Å²) in [6, 6.07) is 0.258. The van der Waals surface area contributed by atoms with Crippen molar-refractivity contribution in [3.8, 4) is 0 Å². The summed E-state index contributed by atoms with van der Waals surface area (Å²) in [5.74, 6) is 1.57. The molecule has 2 heterocycles. The van der Waals surface area contributed by atoms with E-state index in [9.17, 15) is 0 Å². The van der Waals surface area contributed by atoms with Crippen molar-refractivity contribution in [1.82, 2.24) is 20.4 Å². The number of hydrogen-bond donors (Lipinski definition) is 1. The highest BCUT2D eigenvalue weighted by Gasteiger charge is 2.24. The number of aryl methyl sites for hydroxylation is 1. The number of piperazine rings is 1. The second-order valence-electron chi connectivity index (χ2n) is 4.00. The predicted molar refractivity (Wildman–Crippen MR) is 56.5 cm³/mol. The van der Waals surface area contributed by atoms with Crippen LogP contribution in [0.4, 0.5) is 0 Å². The molecule has 1 unspecified atom stereocenters. The second-order valence-corrected chi connectivity index (χ2v) is 4.00. The Morgan fingerprint density at radius 3 is 3.20 bits per heavy atom. The normalized spacial score (nSPS) is 23.2. The minimum absolute atomic E-state index is 0.258. The first-order valence-electron chi connectivity index (χ1n) is 5.54. The lowest BCUT2D eigenvalue weighted by Crippen LogP contribution is -2.44. The van der Waals surface area contributed by atoms with Gasteiger partial charge in [0.1, 0.15) is 0 Å². The molecule has 0 saturated carbocycles. The lowest BCUT2D eigenvalue weighted by atomic mass is 10.2. The van der Waals surface area contributed by atoms with E-state index >= 15 is 0 Å². The van der Waals surface area contributed by atoms with Crippen LogP contribution in [0.5, 0.6) is 0 Å². The number of rotatable bonds is 3. The maximum atomic E-state index is 5.19. The van der Waals surface area contributed by atoms with Crippen LogP contribution in [-0.2, 0) is 6.42 Å². The minimum atomic E-state index is 0.258. The molecule has 2 rings (SSSR count). The molecule has 0 spiro atoms. The van der Waals surface area contributed by atoms with E-state index in [0.717, 1.165) is 44.2 Å². The first-order valence-corrected chi connectivity index (χ1v) is 5.54. The number of aromatic nitrogens is 2. The Hall–Kier alpha value is -0.940. The van der Waals surface area contributed by atoms with Crippen molar-refractivity contribution >= 4 is 0 Å². The van der Waals surface area contributed by atoms with Gasteiger partial charge in [0.15, 0.2) is 5.82 Å². The molecule has 1 aromatic heterocycles. The van der Waals surface area contributed by atoms with Gasteiger partial charge >= 0.3 is 0 Å². The number of nitrogens with one attached hydrogen (secondary N) is 1. The molecule has 1 aromatic rings. The van der Waals surface area contributed by atoms with E-state index in [-0.39, 0.29) is 6.04 Å². The highest BCUT2D eigenvalue weighted by Crippen LogP contribution is 2.17. The van der Waals surface area contributed by atoms with Crippen LogP contribution in [0.1, 0.15) is 31.1 Å². The molecular weight excluding hydrogens is 192 g/mol. The van der Waals surface area contributed by atoms with Gasteiger partial charge in [-0.2, -0.15) is 4.98 Å². The first kappa shape index (κ1) is 10.6. The molecule has 1 atom stereocenters. The average molecular weight is 210 g/mol. The van der Waals surface area contributed by atoms with Gasteiger partial charge in [-0.05, 0) is 13.5 Å². The highest BCUT2D eigenvalue weighted by atomic mass is 16.5. The van der Waals surface area contributed by atoms with Crippen molar-refractivity contribution in [2.45, 2.75) is 25.8 Å². The minimum Gasteiger partial charge on any atom is -0.339 e. The zero-order chi connectivity index (χ0) is 10.7. The summed E-state index contributed by atoms with van der Waals surface area (Å²) < 4.78 is 5.19. The molecular formula is C10H18N4O. The van der Waals surface area contributed by atoms with Gasteiger partial charge in [-0.1, -0.05) is 12.1 Å². The number of likely N-dealkylation sites (N-methyl/N-ethyl adjacent to an activating group) is 1. The fourth-order valence-corrected chi connectivity index (χ4v) is 1.81. The third-order valence-electron chi connectivity index (χ3n) is 2.76. The molecule has 0 aliphatic carbocycles. The Balaban J connectivity index is 2.06. The topological polar surface area (TPSA) is 54.2 Å². The van der Waals surface area contributed by atoms with E-state index in [0.29, 0.717) is 0 Å². The molecule has 5 heteroatoms. The Kier molecular flexibility index (Phi) is 3.33. The quantitative estimate of drug-likeness (QED) is 0.791. The van der Waals surface area contributed by atoms with E-state index in [2.05, 4.69) is 34.3 Å². The summed E-state index contributed by atoms with van der Waals surface area (Å²) in [5.41, 5.74) is 0. The molecule has 1 fully saturated rings. The van der Waals surface area contributed by atoms with Gasteiger partial charge < -0.3 is 9.84 Å². The van der Waals surface area contributed by atoms with E-state index in [1.807, 2.05) is 0 Å². The Labute approximate surface area is 89.8 Å². The van der Waals surface area contributed by atoms with Crippen molar-refractivity contribution in [3.63, 3.8) is 0 Å². The highest BCUT2D eigenvalue weighted by molar-refractivity contribution is 4.97. The summed E-state index contributed by atoms with van der Waals surface area (Å²) in [7, 11) is 2.10. The van der Waals surface area contributed by atoms with E-state index in [1.165, 1.54) is 0 Å². The maximum absolute atomic E-state index is 5.19. The van der Waals surface area contributed by atoms with Crippen molar-refractivity contribution in [2.75, 3.05) is 26.7 Å². The third-order valence-corrected chi connectivity index (χ3v) is 2.76. The largest absolute Gasteiger partial charge is 0.339 e. The number of hydrogen-bond acceptors (Lipinski definition) is 5. The van der Waals surface area contributed by atoms with Gasteiger partial charge in [0, 0.05) is 26.1 Å². The van der Waals surface area contributed by atoms with Gasteiger partial charge in [0.05, 0.1) is 6.04 Å². The van der Waals surface area contributed by atoms with E-state index in [1.54, 1.807) is 0 Å². The maximum Gasteiger partial charge on any atom is 0.226 e. The Morgan fingerprint density at radius 2 is 2.47 bits per heavy atom. The molecule has 1 saturated heterocycles. The lowest BCUT2D eigenvalue weighted by Gasteiger charge is -2.30. The molecule has 84 valence electrons. The number of nitrogens with zero attached hydrogens (tertiary/aromatic N) is 3. The summed E-state index contributed by atoms with van der Waals surface area (Å²) in [4.78, 5) is 6.68. The van der Waals surface area contributed by atoms with Crippen LogP contribution in [-0.4, -0.2) is 41.7 Å². The summed E-state index contributed by atoms with van der Waals surface area (Å²) in [6.45, 7) is 5.08. The van der Waals surface area contributed by atoms with Crippen LogP contribution < -0.4 is 5.32 Å². The van der Waals surface area contributed by atoms with E-state index in [4.69, 9.17) is 4.52 Å². The molecule has 15 heavy (non-hydrogen) atoms. The molecule has 1 aliphatic rings. The molecule has 0 radical (unpaired) electrons. The van der Waals surface area contributed by atoms with Crippen LogP contribution in [0.15, 0.2) is 4.52 Å². The fourth-order valence-electron chi connectivity index (χ4n) is 1.81. The SMILES string of the molecule is CCCc1nc(C2CNCCN2C)no1. The zero-order valence-corrected chi connectivity index (χ0v) is 9.36. The summed E-state index contributed by atoms with van der Waals surface area (Å²) in [5, 5.41) is 7.38. The van der Waals surface area contributed by atoms with Gasteiger partial charge in [0.2, 0.25) is 5.89 Å². The van der Waals surface area contributed by atoms with Gasteiger partial charge in [-0.15, -0.1) is 0 Å². The summed E-state index contributed by atoms with van der Waals surface area (Å²) in [6.07, 6.45) is 1.91. The van der Waals surface area contributed by atoms with Crippen LogP contribution in [0.3, 0.4) is 0 Å². The van der Waals surface area contributed by atoms with Crippen molar-refractivity contribution < 1.29 is 4.52 Å². The molecule has 0 bridgehead atoms. The van der Waals surface area contributed by atoms with Crippen molar-refractivity contribution in [1.29, 1.82) is 0 Å². The van der Waals surface area contributed by atoms with Crippen LogP contribution in [0.25, 0.3) is 0 Å². The molecule has 1 N–H and O–H groups in total. The first-order chi connectivity index (χ1) is 7.31. The third kappa shape index (κ3) is 2.35. The molecule has 0 amide bonds. The monoisotopic (exact) mass is 210 g/mol. The average Bonchev–Trinajstić information content (AvgIpc) is 2.68. The Bertz CT molecular complexity index is 312. The van der Waals surface area contributed by atoms with Crippen LogP contribution in [0.2, 0.25) is 0 Å². The van der Waals surface area contributed by atoms with Gasteiger partial charge in [-0.25, -0.2) is 0 Å². The van der Waals surface area contributed by atoms with Gasteiger partial charge in [0.25, 0.3) is 0 Å². The zero-order valence-electron chi connectivity index (χ0n) is 9.36. The van der Waals surface area contributed by atoms with Crippen molar-refractivity contribution in [3.05, 3.63) is 11.7 Å². The van der Waals surface area contributed by atoms with Gasteiger partial charge in [-0.3, -0.25) is 4.90 Å². The second kappa shape index (κ2) is 4.72. The molecule has 1 aliphatic heterocycles. The lowest BCUT2D eigenvalue weighted by molar-refractivity contribution is 0.190. The standard InChI is InChI=1S/C10H18N4O/c1-3-4-9-12-10(13-15-9)8-7-11-5-6-14(8)2/h8,11H,3-7H2,1-2H3. The smallest absolute Gasteiger partial charge is 0.226 e. The molecule has 5 nitrogen and oxygen atoms in total. The van der Waals surface area contributed by atoms with Crippen LogP contribution >= 0.6 is 0 Å². The van der Waals surface area contributed by atoms with Crippen LogP contribution in [0, 0.1) is 0 Å². The van der Waals surface area contributed by atoms with E-state index < -0.39 is 0 Å². The van der Waals surface area contributed by atoms with Crippen molar-refractivity contribution in [2.24, 2.45) is 0 Å².